The molecule has 1 N–H and O–H groups in total. The van der Waals surface area contributed by atoms with Crippen molar-refractivity contribution in [1.29, 1.82) is 0 Å². The highest BCUT2D eigenvalue weighted by molar-refractivity contribution is 5.85. The zero-order valence-electron chi connectivity index (χ0n) is 12.7. The molecule has 0 amide bonds. The van der Waals surface area contributed by atoms with Gasteiger partial charge in [0, 0.05) is 12.5 Å². The minimum Gasteiger partial charge on any atom is -0.493 e. The standard InChI is InChI=1S/C18H19F2NO.ClH/c19-15-3-1-13(2-4-15)18-9-10-21-11-14(18)12-22-17-7-5-16(20)6-8-17;/h1-8,14,18,21H,9-12H2;1H/t14-,18-;/m1./s1. The Hall–Kier alpha value is -1.65. The van der Waals surface area contributed by atoms with Crippen LogP contribution >= 0.6 is 12.4 Å². The second-order valence-corrected chi connectivity index (χ2v) is 5.68. The summed E-state index contributed by atoms with van der Waals surface area (Å²) in [7, 11) is 0. The van der Waals surface area contributed by atoms with Gasteiger partial charge in [0.05, 0.1) is 6.61 Å². The van der Waals surface area contributed by atoms with Gasteiger partial charge in [-0.3, -0.25) is 0 Å². The van der Waals surface area contributed by atoms with E-state index in [1.54, 1.807) is 12.1 Å². The number of hydrogen-bond donors (Lipinski definition) is 1. The third kappa shape index (κ3) is 4.66. The van der Waals surface area contributed by atoms with Crippen molar-refractivity contribution < 1.29 is 13.5 Å². The Kier molecular flexibility index (Phi) is 6.37. The van der Waals surface area contributed by atoms with Crippen LogP contribution < -0.4 is 10.1 Å². The first-order valence-electron chi connectivity index (χ1n) is 7.57. The van der Waals surface area contributed by atoms with E-state index < -0.39 is 0 Å². The molecule has 23 heavy (non-hydrogen) atoms. The lowest BCUT2D eigenvalue weighted by Gasteiger charge is -2.32. The number of halogens is 3. The van der Waals surface area contributed by atoms with Crippen LogP contribution in [0.5, 0.6) is 5.75 Å². The summed E-state index contributed by atoms with van der Waals surface area (Å²) in [6.45, 7) is 2.37. The quantitative estimate of drug-likeness (QED) is 0.903. The van der Waals surface area contributed by atoms with Crippen molar-refractivity contribution in [3.63, 3.8) is 0 Å². The van der Waals surface area contributed by atoms with Gasteiger partial charge in [-0.05, 0) is 60.8 Å². The number of piperidine rings is 1. The number of benzene rings is 2. The SMILES string of the molecule is Cl.Fc1ccc(OC[C@H]2CNCC[C@@H]2c2ccc(F)cc2)cc1. The van der Waals surface area contributed by atoms with E-state index in [2.05, 4.69) is 5.32 Å². The largest absolute Gasteiger partial charge is 0.493 e. The van der Waals surface area contributed by atoms with Crippen LogP contribution in [-0.4, -0.2) is 19.7 Å². The average molecular weight is 340 g/mol. The van der Waals surface area contributed by atoms with Crippen molar-refractivity contribution >= 4 is 12.4 Å². The van der Waals surface area contributed by atoms with Crippen molar-refractivity contribution in [3.8, 4) is 5.75 Å². The molecule has 1 aliphatic rings. The highest BCUT2D eigenvalue weighted by Gasteiger charge is 2.27. The summed E-state index contributed by atoms with van der Waals surface area (Å²) in [6.07, 6.45) is 1.00. The Balaban J connectivity index is 0.00000192. The molecule has 0 aromatic heterocycles. The fourth-order valence-electron chi connectivity index (χ4n) is 2.98. The summed E-state index contributed by atoms with van der Waals surface area (Å²) in [4.78, 5) is 0. The van der Waals surface area contributed by atoms with E-state index in [0.717, 1.165) is 25.1 Å². The highest BCUT2D eigenvalue weighted by Crippen LogP contribution is 2.31. The van der Waals surface area contributed by atoms with Crippen LogP contribution in [0.15, 0.2) is 48.5 Å². The van der Waals surface area contributed by atoms with Crippen LogP contribution in [-0.2, 0) is 0 Å². The first kappa shape index (κ1) is 17.7. The van der Waals surface area contributed by atoms with Crippen molar-refractivity contribution in [2.45, 2.75) is 12.3 Å². The van der Waals surface area contributed by atoms with E-state index in [0.29, 0.717) is 24.2 Å². The molecule has 1 heterocycles. The molecule has 5 heteroatoms. The van der Waals surface area contributed by atoms with Gasteiger partial charge in [0.25, 0.3) is 0 Å². The number of nitrogens with one attached hydrogen (secondary N) is 1. The molecule has 1 saturated heterocycles. The Morgan fingerprint density at radius 2 is 1.57 bits per heavy atom. The fourth-order valence-corrected chi connectivity index (χ4v) is 2.98. The summed E-state index contributed by atoms with van der Waals surface area (Å²) in [6, 6.07) is 12.8. The molecular formula is C18H20ClF2NO. The molecule has 2 aromatic rings. The third-order valence-corrected chi connectivity index (χ3v) is 4.18. The molecule has 2 nitrogen and oxygen atoms in total. The Labute approximate surface area is 141 Å². The topological polar surface area (TPSA) is 21.3 Å². The summed E-state index contributed by atoms with van der Waals surface area (Å²) in [5, 5.41) is 3.38. The molecular weight excluding hydrogens is 320 g/mol. The smallest absolute Gasteiger partial charge is 0.123 e. The van der Waals surface area contributed by atoms with E-state index in [-0.39, 0.29) is 24.0 Å². The van der Waals surface area contributed by atoms with Crippen molar-refractivity contribution in [3.05, 3.63) is 65.7 Å². The Morgan fingerprint density at radius 1 is 0.957 bits per heavy atom. The number of ether oxygens (including phenoxy) is 1. The van der Waals surface area contributed by atoms with Crippen molar-refractivity contribution in [2.24, 2.45) is 5.92 Å². The fraction of sp³-hybridized carbons (Fsp3) is 0.333. The maximum atomic E-state index is 13.1. The lowest BCUT2D eigenvalue weighted by Crippen LogP contribution is -2.38. The van der Waals surface area contributed by atoms with Crippen molar-refractivity contribution in [1.82, 2.24) is 5.32 Å². The number of hydrogen-bond acceptors (Lipinski definition) is 2. The minimum absolute atomic E-state index is 0. The van der Waals surface area contributed by atoms with Crippen LogP contribution in [0, 0.1) is 17.6 Å². The van der Waals surface area contributed by atoms with Crippen LogP contribution in [0.25, 0.3) is 0 Å². The summed E-state index contributed by atoms with van der Waals surface area (Å²) in [5.41, 5.74) is 1.15. The molecule has 124 valence electrons. The molecule has 3 rings (SSSR count). The predicted octanol–water partition coefficient (Wildman–Crippen LogP) is 4.16. The lowest BCUT2D eigenvalue weighted by molar-refractivity contribution is 0.197. The monoisotopic (exact) mass is 339 g/mol. The molecule has 0 aliphatic carbocycles. The predicted molar refractivity (Wildman–Crippen MR) is 89.3 cm³/mol. The summed E-state index contributed by atoms with van der Waals surface area (Å²) in [5.74, 6) is 0.851. The first-order valence-corrected chi connectivity index (χ1v) is 7.57. The Bertz CT molecular complexity index is 603. The normalized spacial score (nSPS) is 20.6. The molecule has 2 aromatic carbocycles. The molecule has 0 saturated carbocycles. The molecule has 0 unspecified atom stereocenters. The van der Waals surface area contributed by atoms with Crippen molar-refractivity contribution in [2.75, 3.05) is 19.7 Å². The van der Waals surface area contributed by atoms with Gasteiger partial charge in [-0.25, -0.2) is 8.78 Å². The summed E-state index contributed by atoms with van der Waals surface area (Å²) >= 11 is 0. The van der Waals surface area contributed by atoms with Crippen LogP contribution in [0.2, 0.25) is 0 Å². The van der Waals surface area contributed by atoms with E-state index in [1.807, 2.05) is 12.1 Å². The minimum atomic E-state index is -0.268. The molecule has 1 fully saturated rings. The zero-order chi connectivity index (χ0) is 15.4. The van der Waals surface area contributed by atoms with Gasteiger partial charge >= 0.3 is 0 Å². The van der Waals surface area contributed by atoms with E-state index in [1.165, 1.54) is 24.3 Å². The molecule has 1 aliphatic heterocycles. The Morgan fingerprint density at radius 3 is 2.22 bits per heavy atom. The maximum absolute atomic E-state index is 13.1. The van der Waals surface area contributed by atoms with Crippen LogP contribution in [0.1, 0.15) is 17.9 Å². The van der Waals surface area contributed by atoms with E-state index in [4.69, 9.17) is 4.74 Å². The zero-order valence-corrected chi connectivity index (χ0v) is 13.5. The van der Waals surface area contributed by atoms with E-state index in [9.17, 15) is 8.78 Å². The van der Waals surface area contributed by atoms with Gasteiger partial charge in [-0.2, -0.15) is 0 Å². The second kappa shape index (κ2) is 8.27. The van der Waals surface area contributed by atoms with Gasteiger partial charge in [0.15, 0.2) is 0 Å². The van der Waals surface area contributed by atoms with Gasteiger partial charge < -0.3 is 10.1 Å². The third-order valence-electron chi connectivity index (χ3n) is 4.18. The van der Waals surface area contributed by atoms with Crippen LogP contribution in [0.3, 0.4) is 0 Å². The maximum Gasteiger partial charge on any atom is 0.123 e. The highest BCUT2D eigenvalue weighted by atomic mass is 35.5. The molecule has 0 bridgehead atoms. The molecule has 0 spiro atoms. The second-order valence-electron chi connectivity index (χ2n) is 5.68. The van der Waals surface area contributed by atoms with Crippen LogP contribution in [0.4, 0.5) is 8.78 Å². The van der Waals surface area contributed by atoms with E-state index >= 15 is 0 Å². The summed E-state index contributed by atoms with van der Waals surface area (Å²) < 4.78 is 31.8. The lowest BCUT2D eigenvalue weighted by atomic mass is 9.81. The average Bonchev–Trinajstić information content (AvgIpc) is 2.55. The number of rotatable bonds is 4. The first-order chi connectivity index (χ1) is 10.7. The van der Waals surface area contributed by atoms with Gasteiger partial charge in [0.1, 0.15) is 17.4 Å². The molecule has 0 radical (unpaired) electrons. The van der Waals surface area contributed by atoms with Gasteiger partial charge in [-0.1, -0.05) is 12.1 Å². The van der Waals surface area contributed by atoms with Gasteiger partial charge in [0.2, 0.25) is 0 Å². The molecule has 2 atom stereocenters. The van der Waals surface area contributed by atoms with Gasteiger partial charge in [-0.15, -0.1) is 12.4 Å².